The van der Waals surface area contributed by atoms with Crippen LogP contribution in [-0.2, 0) is 9.53 Å². The summed E-state index contributed by atoms with van der Waals surface area (Å²) in [4.78, 5) is 11.0. The first kappa shape index (κ1) is 12.9. The number of carbonyl (C=O) groups excluding carboxylic acids is 1. The fraction of sp³-hybridized carbons (Fsp3) is 0.545. The first-order valence-corrected chi connectivity index (χ1v) is 4.54. The highest BCUT2D eigenvalue weighted by atomic mass is 16.5. The van der Waals surface area contributed by atoms with Gasteiger partial charge in [0.2, 0.25) is 0 Å². The molecule has 3 nitrogen and oxygen atoms in total. The van der Waals surface area contributed by atoms with Crippen molar-refractivity contribution in [1.82, 2.24) is 0 Å². The van der Waals surface area contributed by atoms with E-state index in [1.54, 1.807) is 19.9 Å². The molecule has 14 heavy (non-hydrogen) atoms. The van der Waals surface area contributed by atoms with Crippen LogP contribution in [0.2, 0.25) is 0 Å². The van der Waals surface area contributed by atoms with E-state index < -0.39 is 5.60 Å². The van der Waals surface area contributed by atoms with Crippen molar-refractivity contribution in [2.24, 2.45) is 0 Å². The van der Waals surface area contributed by atoms with Crippen molar-refractivity contribution in [3.8, 4) is 0 Å². The zero-order chi connectivity index (χ0) is 11.2. The van der Waals surface area contributed by atoms with Gasteiger partial charge in [0, 0.05) is 5.57 Å². The molecule has 0 unspecified atom stereocenters. The third-order valence-corrected chi connectivity index (χ3v) is 2.05. The Labute approximate surface area is 85.1 Å². The molecule has 0 amide bonds. The third-order valence-electron chi connectivity index (χ3n) is 2.05. The number of hydrogen-bond donors (Lipinski definition) is 1. The fourth-order valence-corrected chi connectivity index (χ4v) is 0.927. The van der Waals surface area contributed by atoms with Crippen LogP contribution in [0.1, 0.15) is 26.7 Å². The van der Waals surface area contributed by atoms with Crippen molar-refractivity contribution in [2.75, 3.05) is 7.11 Å². The van der Waals surface area contributed by atoms with E-state index in [-0.39, 0.29) is 5.97 Å². The molecule has 0 aromatic heterocycles. The Kier molecular flexibility index (Phi) is 5.16. The van der Waals surface area contributed by atoms with Crippen LogP contribution in [0.25, 0.3) is 0 Å². The normalized spacial score (nSPS) is 15.9. The Hall–Kier alpha value is -1.09. The molecule has 0 rings (SSSR count). The van der Waals surface area contributed by atoms with Crippen LogP contribution < -0.4 is 0 Å². The molecule has 0 aliphatic rings. The van der Waals surface area contributed by atoms with Gasteiger partial charge in [-0.15, -0.1) is 6.58 Å². The lowest BCUT2D eigenvalue weighted by Crippen LogP contribution is -2.19. The molecule has 3 heteroatoms. The summed E-state index contributed by atoms with van der Waals surface area (Å²) >= 11 is 0. The Balaban J connectivity index is 4.05. The van der Waals surface area contributed by atoms with Crippen molar-refractivity contribution in [2.45, 2.75) is 32.3 Å². The van der Waals surface area contributed by atoms with Crippen molar-refractivity contribution < 1.29 is 14.6 Å². The second kappa shape index (κ2) is 5.60. The summed E-state index contributed by atoms with van der Waals surface area (Å²) in [5.41, 5.74) is -0.306. The molecular weight excluding hydrogens is 180 g/mol. The lowest BCUT2D eigenvalue weighted by Gasteiger charge is -2.16. The second-order valence-electron chi connectivity index (χ2n) is 3.48. The quantitative estimate of drug-likeness (QED) is 0.416. The highest BCUT2D eigenvalue weighted by Crippen LogP contribution is 2.14. The largest absolute Gasteiger partial charge is 0.466 e. The number of allylic oxidation sites excluding steroid dienone is 1. The zero-order valence-electron chi connectivity index (χ0n) is 9.04. The molecule has 0 aliphatic heterocycles. The van der Waals surface area contributed by atoms with Crippen LogP contribution in [0, 0.1) is 0 Å². The number of methoxy groups -OCH3 is 1. The lowest BCUT2D eigenvalue weighted by molar-refractivity contribution is -0.136. The van der Waals surface area contributed by atoms with Gasteiger partial charge >= 0.3 is 5.97 Å². The zero-order valence-corrected chi connectivity index (χ0v) is 9.04. The highest BCUT2D eigenvalue weighted by Gasteiger charge is 2.13. The number of hydrogen-bond acceptors (Lipinski definition) is 3. The minimum atomic E-state index is -0.868. The molecule has 0 saturated carbocycles. The van der Waals surface area contributed by atoms with Gasteiger partial charge in [-0.2, -0.15) is 0 Å². The molecule has 0 spiro atoms. The molecule has 0 heterocycles. The summed E-state index contributed by atoms with van der Waals surface area (Å²) in [6, 6.07) is 0. The van der Waals surface area contributed by atoms with Crippen LogP contribution in [-0.4, -0.2) is 23.8 Å². The van der Waals surface area contributed by atoms with Gasteiger partial charge < -0.3 is 9.84 Å². The van der Waals surface area contributed by atoms with Gasteiger partial charge in [0.05, 0.1) is 12.7 Å². The molecule has 1 N–H and O–H groups in total. The third kappa shape index (κ3) is 4.82. The maximum absolute atomic E-state index is 11.0. The van der Waals surface area contributed by atoms with Gasteiger partial charge in [0.15, 0.2) is 0 Å². The van der Waals surface area contributed by atoms with Crippen LogP contribution in [0.3, 0.4) is 0 Å². The van der Waals surface area contributed by atoms with E-state index in [0.717, 1.165) is 0 Å². The van der Waals surface area contributed by atoms with E-state index in [1.165, 1.54) is 13.2 Å². The van der Waals surface area contributed by atoms with Crippen molar-refractivity contribution in [3.63, 3.8) is 0 Å². The van der Waals surface area contributed by atoms with Gasteiger partial charge in [-0.25, -0.2) is 4.79 Å². The summed E-state index contributed by atoms with van der Waals surface area (Å²) in [5.74, 6) is -0.330. The topological polar surface area (TPSA) is 46.5 Å². The Morgan fingerprint density at radius 3 is 2.64 bits per heavy atom. The van der Waals surface area contributed by atoms with Crippen LogP contribution in [0.15, 0.2) is 24.3 Å². The molecule has 0 fully saturated rings. The molecule has 1 atom stereocenters. The number of carbonyl (C=O) groups is 1. The Morgan fingerprint density at radius 2 is 2.21 bits per heavy atom. The van der Waals surface area contributed by atoms with Gasteiger partial charge in [-0.1, -0.05) is 12.2 Å². The minimum absolute atomic E-state index is 0.330. The predicted octanol–water partition coefficient (Wildman–Crippen LogP) is 1.82. The summed E-state index contributed by atoms with van der Waals surface area (Å²) in [7, 11) is 1.35. The van der Waals surface area contributed by atoms with Crippen molar-refractivity contribution in [3.05, 3.63) is 24.3 Å². The van der Waals surface area contributed by atoms with E-state index in [1.807, 2.05) is 0 Å². The maximum atomic E-state index is 11.0. The first-order chi connectivity index (χ1) is 6.43. The molecule has 0 aromatic rings. The number of rotatable bonds is 5. The van der Waals surface area contributed by atoms with Gasteiger partial charge in [0.1, 0.15) is 0 Å². The van der Waals surface area contributed by atoms with E-state index in [4.69, 9.17) is 0 Å². The number of ether oxygens (including phenoxy) is 1. The summed E-state index contributed by atoms with van der Waals surface area (Å²) in [5, 5.41) is 9.57. The SMILES string of the molecule is C=C[C@@](C)(O)CC/C=C(\C)C(=O)OC. The predicted molar refractivity (Wildman–Crippen MR) is 55.8 cm³/mol. The molecule has 80 valence electrons. The van der Waals surface area contributed by atoms with E-state index in [2.05, 4.69) is 11.3 Å². The van der Waals surface area contributed by atoms with E-state index in [0.29, 0.717) is 18.4 Å². The van der Waals surface area contributed by atoms with Gasteiger partial charge in [-0.05, 0) is 26.7 Å². The average molecular weight is 198 g/mol. The molecule has 0 radical (unpaired) electrons. The first-order valence-electron chi connectivity index (χ1n) is 4.54. The minimum Gasteiger partial charge on any atom is -0.466 e. The van der Waals surface area contributed by atoms with Crippen molar-refractivity contribution >= 4 is 5.97 Å². The summed E-state index contributed by atoms with van der Waals surface area (Å²) in [6.07, 6.45) is 4.42. The fourth-order valence-electron chi connectivity index (χ4n) is 0.927. The maximum Gasteiger partial charge on any atom is 0.333 e. The van der Waals surface area contributed by atoms with Crippen LogP contribution in [0.5, 0.6) is 0 Å². The van der Waals surface area contributed by atoms with E-state index in [9.17, 15) is 9.90 Å². The van der Waals surface area contributed by atoms with Gasteiger partial charge in [-0.3, -0.25) is 0 Å². The molecule has 0 aliphatic carbocycles. The van der Waals surface area contributed by atoms with Crippen LogP contribution >= 0.6 is 0 Å². The average Bonchev–Trinajstić information content (AvgIpc) is 2.16. The highest BCUT2D eigenvalue weighted by molar-refractivity contribution is 5.87. The molecule has 0 aromatic carbocycles. The molecule has 0 saturated heterocycles. The summed E-state index contributed by atoms with van der Waals surface area (Å²) in [6.45, 7) is 6.89. The Bertz CT molecular complexity index is 239. The molecular formula is C11H18O3. The van der Waals surface area contributed by atoms with Gasteiger partial charge in [0.25, 0.3) is 0 Å². The monoisotopic (exact) mass is 198 g/mol. The molecule has 0 bridgehead atoms. The smallest absolute Gasteiger partial charge is 0.333 e. The summed E-state index contributed by atoms with van der Waals surface area (Å²) < 4.78 is 4.53. The number of aliphatic hydroxyl groups is 1. The van der Waals surface area contributed by atoms with E-state index >= 15 is 0 Å². The van der Waals surface area contributed by atoms with Crippen LogP contribution in [0.4, 0.5) is 0 Å². The Morgan fingerprint density at radius 1 is 1.64 bits per heavy atom. The lowest BCUT2D eigenvalue weighted by atomic mass is 10.00. The number of esters is 1. The standard InChI is InChI=1S/C11H18O3/c1-5-11(3,13)8-6-7-9(2)10(12)14-4/h5,7,13H,1,6,8H2,2-4H3/b9-7+/t11-/m1/s1. The second-order valence-corrected chi connectivity index (χ2v) is 3.48. The van der Waals surface area contributed by atoms with Crippen molar-refractivity contribution in [1.29, 1.82) is 0 Å².